The molecule has 0 aromatic carbocycles. The van der Waals surface area contributed by atoms with E-state index in [9.17, 15) is 0 Å². The van der Waals surface area contributed by atoms with Crippen LogP contribution in [0.25, 0.3) is 0 Å². The van der Waals surface area contributed by atoms with E-state index in [-0.39, 0.29) is 12.1 Å². The molecule has 0 aliphatic rings. The van der Waals surface area contributed by atoms with Gasteiger partial charge in [0.25, 0.3) is 0 Å². The minimum atomic E-state index is -0.258. The fourth-order valence-electron chi connectivity index (χ4n) is 0.741. The van der Waals surface area contributed by atoms with Crippen molar-refractivity contribution in [2.24, 2.45) is 11.5 Å². The smallest absolute Gasteiger partial charge is 0.128 e. The van der Waals surface area contributed by atoms with Gasteiger partial charge in [0.05, 0.1) is 18.6 Å². The number of hydrogen-bond donors (Lipinski definition) is 2. The van der Waals surface area contributed by atoms with E-state index in [1.807, 2.05) is 0 Å². The monoisotopic (exact) mass is 172 g/mol. The van der Waals surface area contributed by atoms with Crippen LogP contribution in [0.4, 0.5) is 0 Å². The summed E-state index contributed by atoms with van der Waals surface area (Å²) in [5, 5.41) is 0. The maximum Gasteiger partial charge on any atom is 0.128 e. The summed E-state index contributed by atoms with van der Waals surface area (Å²) in [6.45, 7) is 7.50. The van der Waals surface area contributed by atoms with Gasteiger partial charge in [0.1, 0.15) is 12.7 Å². The molecule has 4 nitrogen and oxygen atoms in total. The summed E-state index contributed by atoms with van der Waals surface area (Å²) >= 11 is 0. The van der Waals surface area contributed by atoms with Gasteiger partial charge in [-0.05, 0) is 0 Å². The zero-order valence-electron chi connectivity index (χ0n) is 7.11. The third kappa shape index (κ3) is 4.00. The molecular formula is C8H16N2O2. The summed E-state index contributed by atoms with van der Waals surface area (Å²) in [5.74, 6) is 0. The van der Waals surface area contributed by atoms with Crippen molar-refractivity contribution >= 4 is 0 Å². The van der Waals surface area contributed by atoms with Crippen molar-refractivity contribution in [2.75, 3.05) is 13.2 Å². The zero-order valence-corrected chi connectivity index (χ0v) is 7.11. The first-order valence-electron chi connectivity index (χ1n) is 3.70. The van der Waals surface area contributed by atoms with Crippen molar-refractivity contribution in [1.82, 2.24) is 0 Å². The minimum Gasteiger partial charge on any atom is -0.500 e. The molecule has 0 amide bonds. The van der Waals surface area contributed by atoms with Crippen molar-refractivity contribution < 1.29 is 9.47 Å². The first kappa shape index (κ1) is 11.0. The van der Waals surface area contributed by atoms with Gasteiger partial charge in [-0.1, -0.05) is 13.2 Å². The Bertz CT molecular complexity index is 139. The van der Waals surface area contributed by atoms with E-state index in [2.05, 4.69) is 13.2 Å². The largest absolute Gasteiger partial charge is 0.500 e. The first-order chi connectivity index (χ1) is 5.76. The average Bonchev–Trinajstić information content (AvgIpc) is 2.10. The molecule has 0 saturated carbocycles. The highest BCUT2D eigenvalue weighted by Gasteiger charge is 2.16. The Balaban J connectivity index is 3.74. The molecule has 0 heterocycles. The highest BCUT2D eigenvalue weighted by atomic mass is 16.5. The molecule has 0 bridgehead atoms. The number of hydrogen-bond acceptors (Lipinski definition) is 4. The standard InChI is InChI=1S/C8H16N2O2/c1-3-11-6-7(10)8(5-9)12-4-2/h3-4,7-8H,1-2,5-6,9-10H2. The molecule has 0 aromatic rings. The lowest BCUT2D eigenvalue weighted by Crippen LogP contribution is -2.43. The first-order valence-corrected chi connectivity index (χ1v) is 3.70. The number of nitrogens with two attached hydrogens (primary N) is 2. The third-order valence-electron chi connectivity index (χ3n) is 1.39. The lowest BCUT2D eigenvalue weighted by molar-refractivity contribution is 0.0910. The molecule has 70 valence electrons. The minimum absolute atomic E-state index is 0.248. The van der Waals surface area contributed by atoms with E-state index < -0.39 is 0 Å². The third-order valence-corrected chi connectivity index (χ3v) is 1.39. The Kier molecular flexibility index (Phi) is 6.14. The van der Waals surface area contributed by atoms with Crippen molar-refractivity contribution in [3.8, 4) is 0 Å². The molecule has 0 saturated heterocycles. The van der Waals surface area contributed by atoms with Crippen LogP contribution in [0.1, 0.15) is 0 Å². The molecule has 12 heavy (non-hydrogen) atoms. The van der Waals surface area contributed by atoms with Gasteiger partial charge in [0, 0.05) is 6.54 Å². The number of rotatable bonds is 7. The summed E-state index contributed by atoms with van der Waals surface area (Å²) in [5.41, 5.74) is 11.1. The van der Waals surface area contributed by atoms with Crippen molar-refractivity contribution in [2.45, 2.75) is 12.1 Å². The second kappa shape index (κ2) is 6.69. The number of ether oxygens (including phenoxy) is 2. The Morgan fingerprint density at radius 2 is 2.00 bits per heavy atom. The molecule has 2 atom stereocenters. The quantitative estimate of drug-likeness (QED) is 0.529. The summed E-state index contributed by atoms with van der Waals surface area (Å²) in [6.07, 6.45) is 2.41. The molecule has 4 heteroatoms. The van der Waals surface area contributed by atoms with Crippen LogP contribution in [-0.2, 0) is 9.47 Å². The van der Waals surface area contributed by atoms with Crippen LogP contribution in [-0.4, -0.2) is 25.3 Å². The molecule has 2 unspecified atom stereocenters. The highest BCUT2D eigenvalue weighted by Crippen LogP contribution is 1.96. The molecule has 4 N–H and O–H groups in total. The lowest BCUT2D eigenvalue weighted by Gasteiger charge is -2.20. The van der Waals surface area contributed by atoms with E-state index >= 15 is 0 Å². The predicted octanol–water partition coefficient (Wildman–Crippen LogP) is -0.0388. The SMILES string of the molecule is C=COCC(N)C(CN)OC=C. The summed E-state index contributed by atoms with van der Waals surface area (Å²) in [4.78, 5) is 0. The van der Waals surface area contributed by atoms with Crippen molar-refractivity contribution in [3.63, 3.8) is 0 Å². The molecule has 0 radical (unpaired) electrons. The second-order valence-corrected chi connectivity index (χ2v) is 2.24. The summed E-state index contributed by atoms with van der Waals surface area (Å²) in [7, 11) is 0. The van der Waals surface area contributed by atoms with Gasteiger partial charge in [-0.3, -0.25) is 0 Å². The van der Waals surface area contributed by atoms with E-state index in [1.165, 1.54) is 12.5 Å². The Morgan fingerprint density at radius 3 is 2.42 bits per heavy atom. The van der Waals surface area contributed by atoms with Crippen LogP contribution in [0.5, 0.6) is 0 Å². The Morgan fingerprint density at radius 1 is 1.33 bits per heavy atom. The van der Waals surface area contributed by atoms with Crippen LogP contribution < -0.4 is 11.5 Å². The predicted molar refractivity (Wildman–Crippen MR) is 48.2 cm³/mol. The van der Waals surface area contributed by atoms with Gasteiger partial charge >= 0.3 is 0 Å². The fourth-order valence-corrected chi connectivity index (χ4v) is 0.741. The molecule has 0 aliphatic heterocycles. The molecule has 0 aromatic heterocycles. The normalized spacial score (nSPS) is 14.5. The van der Waals surface area contributed by atoms with Gasteiger partial charge < -0.3 is 20.9 Å². The van der Waals surface area contributed by atoms with Gasteiger partial charge in [0.15, 0.2) is 0 Å². The van der Waals surface area contributed by atoms with Gasteiger partial charge in [-0.15, -0.1) is 0 Å². The van der Waals surface area contributed by atoms with E-state index in [0.29, 0.717) is 13.2 Å². The van der Waals surface area contributed by atoms with Gasteiger partial charge in [-0.2, -0.15) is 0 Å². The maximum absolute atomic E-state index is 5.68. The Hall–Kier alpha value is -1.00. The molecule has 0 aliphatic carbocycles. The van der Waals surface area contributed by atoms with E-state index in [4.69, 9.17) is 20.9 Å². The average molecular weight is 172 g/mol. The van der Waals surface area contributed by atoms with Crippen LogP contribution in [0.15, 0.2) is 25.7 Å². The van der Waals surface area contributed by atoms with Crippen molar-refractivity contribution in [1.29, 1.82) is 0 Å². The van der Waals surface area contributed by atoms with Crippen molar-refractivity contribution in [3.05, 3.63) is 25.7 Å². The van der Waals surface area contributed by atoms with Gasteiger partial charge in [-0.25, -0.2) is 0 Å². The second-order valence-electron chi connectivity index (χ2n) is 2.24. The fraction of sp³-hybridized carbons (Fsp3) is 0.500. The van der Waals surface area contributed by atoms with Crippen LogP contribution in [0, 0.1) is 0 Å². The topological polar surface area (TPSA) is 70.5 Å². The summed E-state index contributed by atoms with van der Waals surface area (Å²) < 4.78 is 9.94. The van der Waals surface area contributed by atoms with Gasteiger partial charge in [0.2, 0.25) is 0 Å². The van der Waals surface area contributed by atoms with E-state index in [0.717, 1.165) is 0 Å². The van der Waals surface area contributed by atoms with Crippen LogP contribution in [0.3, 0.4) is 0 Å². The molecule has 0 spiro atoms. The lowest BCUT2D eigenvalue weighted by atomic mass is 10.2. The molecule has 0 fully saturated rings. The van der Waals surface area contributed by atoms with E-state index in [1.54, 1.807) is 0 Å². The van der Waals surface area contributed by atoms with Crippen LogP contribution >= 0.6 is 0 Å². The Labute approximate surface area is 72.8 Å². The molecule has 0 rings (SSSR count). The zero-order chi connectivity index (χ0) is 9.40. The molecular weight excluding hydrogens is 156 g/mol. The summed E-state index contributed by atoms with van der Waals surface area (Å²) in [6, 6.07) is -0.258. The van der Waals surface area contributed by atoms with Crippen LogP contribution in [0.2, 0.25) is 0 Å². The highest BCUT2D eigenvalue weighted by molar-refractivity contribution is 4.76. The maximum atomic E-state index is 5.68.